The predicted molar refractivity (Wildman–Crippen MR) is 92.2 cm³/mol. The number of carbonyl (C=O) groups is 1. The Hall–Kier alpha value is -1.93. The molecule has 0 bridgehead atoms. The molecule has 24 heavy (non-hydrogen) atoms. The van der Waals surface area contributed by atoms with Crippen LogP contribution in [-0.2, 0) is 0 Å². The van der Waals surface area contributed by atoms with Crippen molar-refractivity contribution in [3.05, 3.63) is 40.5 Å². The van der Waals surface area contributed by atoms with Gasteiger partial charge < -0.3 is 4.42 Å². The molecular formula is C16H16N4O2S2. The maximum Gasteiger partial charge on any atom is 0.277 e. The number of hydrogen-bond donors (Lipinski definition) is 0. The second kappa shape index (κ2) is 6.18. The highest BCUT2D eigenvalue weighted by Gasteiger charge is 2.29. The molecule has 1 fully saturated rings. The van der Waals surface area contributed by atoms with Gasteiger partial charge in [-0.05, 0) is 32.8 Å². The minimum Gasteiger partial charge on any atom is -0.416 e. The van der Waals surface area contributed by atoms with E-state index in [2.05, 4.69) is 15.2 Å². The molecule has 8 heteroatoms. The fraction of sp³-hybridized carbons (Fsp3) is 0.375. The van der Waals surface area contributed by atoms with Crippen molar-refractivity contribution in [1.29, 1.82) is 0 Å². The molecule has 0 radical (unpaired) electrons. The van der Waals surface area contributed by atoms with Crippen LogP contribution in [0.1, 0.15) is 46.4 Å². The molecule has 0 atom stereocenters. The summed E-state index contributed by atoms with van der Waals surface area (Å²) in [4.78, 5) is 16.9. The van der Waals surface area contributed by atoms with E-state index in [4.69, 9.17) is 4.42 Å². The van der Waals surface area contributed by atoms with E-state index < -0.39 is 0 Å². The van der Waals surface area contributed by atoms with E-state index in [1.54, 1.807) is 17.5 Å². The van der Waals surface area contributed by atoms with Crippen molar-refractivity contribution in [2.24, 2.45) is 0 Å². The van der Waals surface area contributed by atoms with Gasteiger partial charge in [-0.3, -0.25) is 9.36 Å². The molecule has 0 unspecified atom stereocenters. The Morgan fingerprint density at radius 3 is 2.96 bits per heavy atom. The predicted octanol–water partition coefficient (Wildman–Crippen LogP) is 3.79. The van der Waals surface area contributed by atoms with Crippen LogP contribution in [0.4, 0.5) is 0 Å². The van der Waals surface area contributed by atoms with Crippen LogP contribution in [0, 0.1) is 13.8 Å². The minimum atomic E-state index is 0.0575. The molecule has 6 nitrogen and oxygen atoms in total. The first-order valence-corrected chi connectivity index (χ1v) is 9.58. The van der Waals surface area contributed by atoms with Gasteiger partial charge in [-0.15, -0.1) is 21.5 Å². The highest BCUT2D eigenvalue weighted by atomic mass is 32.2. The third-order valence-electron chi connectivity index (χ3n) is 4.02. The third-order valence-corrected chi connectivity index (χ3v) is 5.59. The average molecular weight is 360 g/mol. The number of nitrogens with zero attached hydrogens (tertiary/aromatic N) is 4. The molecule has 1 saturated carbocycles. The first-order chi connectivity index (χ1) is 11.6. The molecule has 4 rings (SSSR count). The molecule has 0 aliphatic heterocycles. The maximum absolute atomic E-state index is 12.6. The summed E-state index contributed by atoms with van der Waals surface area (Å²) in [6.07, 6.45) is 4.01. The van der Waals surface area contributed by atoms with Crippen LogP contribution in [0.5, 0.6) is 0 Å². The normalized spacial score (nSPS) is 14.2. The van der Waals surface area contributed by atoms with Crippen LogP contribution in [0.15, 0.2) is 27.3 Å². The SMILES string of the molecule is Cc1cc(C(=O)CSc2nnc(C3CC3)o2)c(C)n1-c1nccs1. The van der Waals surface area contributed by atoms with Crippen molar-refractivity contribution < 1.29 is 9.21 Å². The quantitative estimate of drug-likeness (QED) is 0.492. The summed E-state index contributed by atoms with van der Waals surface area (Å²) in [7, 11) is 0. The van der Waals surface area contributed by atoms with Crippen molar-refractivity contribution in [3.63, 3.8) is 0 Å². The van der Waals surface area contributed by atoms with E-state index in [1.807, 2.05) is 29.9 Å². The Labute approximate surface area is 147 Å². The Kier molecular flexibility index (Phi) is 4.01. The number of aryl methyl sites for hydroxylation is 1. The van der Waals surface area contributed by atoms with E-state index in [1.165, 1.54) is 11.8 Å². The van der Waals surface area contributed by atoms with Crippen molar-refractivity contribution in [2.45, 2.75) is 37.8 Å². The molecule has 124 valence electrons. The molecule has 0 aromatic carbocycles. The second-order valence-corrected chi connectivity index (χ2v) is 7.63. The lowest BCUT2D eigenvalue weighted by Gasteiger charge is -2.05. The van der Waals surface area contributed by atoms with Gasteiger partial charge in [0.15, 0.2) is 10.9 Å². The lowest BCUT2D eigenvalue weighted by molar-refractivity contribution is 0.102. The summed E-state index contributed by atoms with van der Waals surface area (Å²) in [6, 6.07) is 1.92. The van der Waals surface area contributed by atoms with Gasteiger partial charge in [0.25, 0.3) is 5.22 Å². The Bertz CT molecular complexity index is 878. The van der Waals surface area contributed by atoms with Gasteiger partial charge in [-0.1, -0.05) is 11.8 Å². The van der Waals surface area contributed by atoms with Crippen LogP contribution in [0.25, 0.3) is 5.13 Å². The van der Waals surface area contributed by atoms with Gasteiger partial charge in [0.05, 0.1) is 5.75 Å². The van der Waals surface area contributed by atoms with Gasteiger partial charge in [-0.25, -0.2) is 4.98 Å². The largest absolute Gasteiger partial charge is 0.416 e. The summed E-state index contributed by atoms with van der Waals surface area (Å²) < 4.78 is 7.60. The van der Waals surface area contributed by atoms with Gasteiger partial charge in [0.1, 0.15) is 0 Å². The van der Waals surface area contributed by atoms with E-state index >= 15 is 0 Å². The number of rotatable bonds is 6. The maximum atomic E-state index is 12.6. The number of ketones is 1. The lowest BCUT2D eigenvalue weighted by atomic mass is 10.2. The van der Waals surface area contributed by atoms with Gasteiger partial charge in [-0.2, -0.15) is 0 Å². The standard InChI is InChI=1S/C16H16N4O2S2/c1-9-7-12(10(2)20(9)15-17-5-6-23-15)13(21)8-24-16-19-18-14(22-16)11-3-4-11/h5-7,11H,3-4,8H2,1-2H3. The van der Waals surface area contributed by atoms with Gasteiger partial charge in [0, 0.05) is 34.4 Å². The zero-order chi connectivity index (χ0) is 16.7. The lowest BCUT2D eigenvalue weighted by Crippen LogP contribution is -2.05. The first-order valence-electron chi connectivity index (χ1n) is 7.71. The fourth-order valence-electron chi connectivity index (χ4n) is 2.64. The van der Waals surface area contributed by atoms with Gasteiger partial charge in [0.2, 0.25) is 5.89 Å². The van der Waals surface area contributed by atoms with Crippen LogP contribution in [0.2, 0.25) is 0 Å². The summed E-state index contributed by atoms with van der Waals surface area (Å²) in [6.45, 7) is 3.93. The zero-order valence-electron chi connectivity index (χ0n) is 13.4. The number of Topliss-reactive ketones (excluding diaryl/α,β-unsaturated/α-hetero) is 1. The highest BCUT2D eigenvalue weighted by Crippen LogP contribution is 2.39. The number of thiazole rings is 1. The summed E-state index contributed by atoms with van der Waals surface area (Å²) in [5.41, 5.74) is 2.64. The average Bonchev–Trinajstić information content (AvgIpc) is 2.98. The van der Waals surface area contributed by atoms with E-state index in [0.717, 1.165) is 34.9 Å². The van der Waals surface area contributed by atoms with Crippen molar-refractivity contribution in [2.75, 3.05) is 5.75 Å². The molecule has 0 N–H and O–H groups in total. The molecule has 0 saturated heterocycles. The monoisotopic (exact) mass is 360 g/mol. The summed E-state index contributed by atoms with van der Waals surface area (Å²) in [5.74, 6) is 1.47. The number of aromatic nitrogens is 4. The van der Waals surface area contributed by atoms with Crippen LogP contribution >= 0.6 is 23.1 Å². The first kappa shape index (κ1) is 15.6. The molecule has 0 spiro atoms. The molecule has 1 aliphatic carbocycles. The van der Waals surface area contributed by atoms with E-state index in [-0.39, 0.29) is 11.5 Å². The zero-order valence-corrected chi connectivity index (χ0v) is 15.0. The van der Waals surface area contributed by atoms with Gasteiger partial charge >= 0.3 is 0 Å². The molecule has 0 amide bonds. The topological polar surface area (TPSA) is 73.8 Å². The molecule has 3 heterocycles. The van der Waals surface area contributed by atoms with Crippen LogP contribution < -0.4 is 0 Å². The Morgan fingerprint density at radius 2 is 2.25 bits per heavy atom. The number of hydrogen-bond acceptors (Lipinski definition) is 7. The van der Waals surface area contributed by atoms with E-state index in [0.29, 0.717) is 17.0 Å². The summed E-state index contributed by atoms with van der Waals surface area (Å²) in [5, 5.41) is 11.3. The van der Waals surface area contributed by atoms with Crippen LogP contribution in [-0.4, -0.2) is 31.3 Å². The molecule has 3 aromatic heterocycles. The Morgan fingerprint density at radius 1 is 1.42 bits per heavy atom. The van der Waals surface area contributed by atoms with Crippen molar-refractivity contribution in [1.82, 2.24) is 19.7 Å². The minimum absolute atomic E-state index is 0.0575. The molecule has 3 aromatic rings. The van der Waals surface area contributed by atoms with Crippen molar-refractivity contribution >= 4 is 28.9 Å². The number of thioether (sulfide) groups is 1. The van der Waals surface area contributed by atoms with E-state index in [9.17, 15) is 4.79 Å². The molecule has 1 aliphatic rings. The molecular weight excluding hydrogens is 344 g/mol. The third kappa shape index (κ3) is 2.91. The van der Waals surface area contributed by atoms with Crippen LogP contribution in [0.3, 0.4) is 0 Å². The smallest absolute Gasteiger partial charge is 0.277 e. The summed E-state index contributed by atoms with van der Waals surface area (Å²) >= 11 is 2.85. The fourth-order valence-corrected chi connectivity index (χ4v) is 4.05. The Balaban J connectivity index is 1.49. The highest BCUT2D eigenvalue weighted by molar-refractivity contribution is 7.99. The number of carbonyl (C=O) groups excluding carboxylic acids is 1. The van der Waals surface area contributed by atoms with Crippen molar-refractivity contribution in [3.8, 4) is 5.13 Å². The second-order valence-electron chi connectivity index (χ2n) is 5.83.